The van der Waals surface area contributed by atoms with Crippen molar-refractivity contribution in [1.82, 2.24) is 10.6 Å². The maximum absolute atomic E-state index is 11.7. The standard InChI is InChI=1S/C13H26N2O2/c1-5-13(3,4)15-12(16)9-17-11-8-14-7-6-10(11)2/h10-11,14H,5-9H2,1-4H3,(H,15,16). The summed E-state index contributed by atoms with van der Waals surface area (Å²) in [5.41, 5.74) is -0.142. The number of rotatable bonds is 5. The molecule has 1 aliphatic heterocycles. The molecule has 0 aromatic carbocycles. The van der Waals surface area contributed by atoms with E-state index in [1.165, 1.54) is 0 Å². The third kappa shape index (κ3) is 5.04. The van der Waals surface area contributed by atoms with E-state index >= 15 is 0 Å². The Morgan fingerprint density at radius 3 is 2.82 bits per heavy atom. The van der Waals surface area contributed by atoms with Gasteiger partial charge in [0.1, 0.15) is 6.61 Å². The van der Waals surface area contributed by atoms with Gasteiger partial charge < -0.3 is 15.4 Å². The molecule has 2 atom stereocenters. The van der Waals surface area contributed by atoms with Gasteiger partial charge in [-0.15, -0.1) is 0 Å². The Balaban J connectivity index is 2.27. The van der Waals surface area contributed by atoms with Crippen LogP contribution in [0.15, 0.2) is 0 Å². The third-order valence-electron chi connectivity index (χ3n) is 3.55. The first-order chi connectivity index (χ1) is 7.94. The monoisotopic (exact) mass is 242 g/mol. The van der Waals surface area contributed by atoms with Crippen LogP contribution in [0, 0.1) is 5.92 Å². The van der Waals surface area contributed by atoms with Crippen LogP contribution in [0.25, 0.3) is 0 Å². The van der Waals surface area contributed by atoms with Gasteiger partial charge in [-0.1, -0.05) is 13.8 Å². The van der Waals surface area contributed by atoms with Crippen molar-refractivity contribution in [3.05, 3.63) is 0 Å². The highest BCUT2D eigenvalue weighted by atomic mass is 16.5. The average molecular weight is 242 g/mol. The zero-order valence-electron chi connectivity index (χ0n) is 11.5. The molecule has 1 heterocycles. The van der Waals surface area contributed by atoms with Gasteiger partial charge in [0.2, 0.25) is 5.91 Å². The molecule has 0 radical (unpaired) electrons. The molecule has 1 fully saturated rings. The molecule has 0 aromatic rings. The molecule has 0 aromatic heterocycles. The molecule has 4 nitrogen and oxygen atoms in total. The molecule has 1 aliphatic rings. The number of hydrogen-bond donors (Lipinski definition) is 2. The first kappa shape index (κ1) is 14.5. The Kier molecular flexibility index (Phi) is 5.40. The Morgan fingerprint density at radius 2 is 2.24 bits per heavy atom. The second-order valence-electron chi connectivity index (χ2n) is 5.61. The van der Waals surface area contributed by atoms with Gasteiger partial charge in [0, 0.05) is 12.1 Å². The highest BCUT2D eigenvalue weighted by Gasteiger charge is 2.23. The van der Waals surface area contributed by atoms with Crippen molar-refractivity contribution in [2.45, 2.75) is 52.2 Å². The minimum Gasteiger partial charge on any atom is -0.367 e. The van der Waals surface area contributed by atoms with Gasteiger partial charge in [0.05, 0.1) is 6.10 Å². The molecule has 1 saturated heterocycles. The molecule has 2 N–H and O–H groups in total. The van der Waals surface area contributed by atoms with Gasteiger partial charge in [-0.2, -0.15) is 0 Å². The molecule has 1 amide bonds. The second-order valence-corrected chi connectivity index (χ2v) is 5.61. The summed E-state index contributed by atoms with van der Waals surface area (Å²) in [6, 6.07) is 0. The molecule has 0 spiro atoms. The first-order valence-corrected chi connectivity index (χ1v) is 6.58. The summed E-state index contributed by atoms with van der Waals surface area (Å²) in [5.74, 6) is 0.512. The number of nitrogens with one attached hydrogen (secondary N) is 2. The molecule has 100 valence electrons. The highest BCUT2D eigenvalue weighted by molar-refractivity contribution is 5.77. The topological polar surface area (TPSA) is 50.4 Å². The van der Waals surface area contributed by atoms with E-state index in [9.17, 15) is 4.79 Å². The molecule has 2 unspecified atom stereocenters. The fourth-order valence-electron chi connectivity index (χ4n) is 1.87. The lowest BCUT2D eigenvalue weighted by molar-refractivity contribution is -0.130. The van der Waals surface area contributed by atoms with E-state index in [0.717, 1.165) is 25.9 Å². The van der Waals surface area contributed by atoms with Crippen LogP contribution in [0.1, 0.15) is 40.5 Å². The Bertz CT molecular complexity index is 254. The van der Waals surface area contributed by atoms with E-state index in [-0.39, 0.29) is 24.2 Å². The van der Waals surface area contributed by atoms with Gasteiger partial charge in [0.25, 0.3) is 0 Å². The second kappa shape index (κ2) is 6.36. The summed E-state index contributed by atoms with van der Waals surface area (Å²) in [5, 5.41) is 6.27. The van der Waals surface area contributed by atoms with E-state index in [2.05, 4.69) is 24.5 Å². The fraction of sp³-hybridized carbons (Fsp3) is 0.923. The van der Waals surface area contributed by atoms with Crippen molar-refractivity contribution in [3.8, 4) is 0 Å². The largest absolute Gasteiger partial charge is 0.367 e. The molecule has 1 rings (SSSR count). The zero-order valence-corrected chi connectivity index (χ0v) is 11.5. The molecule has 0 bridgehead atoms. The Labute approximate surface area is 104 Å². The van der Waals surface area contributed by atoms with Crippen molar-refractivity contribution in [3.63, 3.8) is 0 Å². The van der Waals surface area contributed by atoms with Gasteiger partial charge in [-0.3, -0.25) is 4.79 Å². The van der Waals surface area contributed by atoms with E-state index in [1.807, 2.05) is 13.8 Å². The van der Waals surface area contributed by atoms with Crippen LogP contribution in [-0.2, 0) is 9.53 Å². The lowest BCUT2D eigenvalue weighted by Crippen LogP contribution is -2.47. The summed E-state index contributed by atoms with van der Waals surface area (Å²) in [6.07, 6.45) is 2.20. The van der Waals surface area contributed by atoms with Crippen LogP contribution in [0.5, 0.6) is 0 Å². The Hall–Kier alpha value is -0.610. The van der Waals surface area contributed by atoms with Gasteiger partial charge >= 0.3 is 0 Å². The van der Waals surface area contributed by atoms with Gasteiger partial charge in [-0.05, 0) is 39.2 Å². The number of carbonyl (C=O) groups is 1. The molecule has 17 heavy (non-hydrogen) atoms. The SMILES string of the molecule is CCC(C)(C)NC(=O)COC1CNCCC1C. The third-order valence-corrected chi connectivity index (χ3v) is 3.55. The summed E-state index contributed by atoms with van der Waals surface area (Å²) in [4.78, 5) is 11.7. The highest BCUT2D eigenvalue weighted by Crippen LogP contribution is 2.14. The summed E-state index contributed by atoms with van der Waals surface area (Å²) in [6.45, 7) is 10.4. The van der Waals surface area contributed by atoms with Crippen LogP contribution >= 0.6 is 0 Å². The lowest BCUT2D eigenvalue weighted by atomic mass is 9.97. The van der Waals surface area contributed by atoms with E-state index in [4.69, 9.17) is 4.74 Å². The first-order valence-electron chi connectivity index (χ1n) is 6.58. The summed E-state index contributed by atoms with van der Waals surface area (Å²) < 4.78 is 5.67. The normalized spacial score (nSPS) is 25.6. The molecule has 0 aliphatic carbocycles. The average Bonchev–Trinajstić information content (AvgIpc) is 2.27. The molecular weight excluding hydrogens is 216 g/mol. The van der Waals surface area contributed by atoms with Crippen LogP contribution in [0.3, 0.4) is 0 Å². The van der Waals surface area contributed by atoms with Crippen LogP contribution < -0.4 is 10.6 Å². The van der Waals surface area contributed by atoms with Crippen molar-refractivity contribution < 1.29 is 9.53 Å². The molecule has 0 saturated carbocycles. The Morgan fingerprint density at radius 1 is 1.53 bits per heavy atom. The molecular formula is C13H26N2O2. The van der Waals surface area contributed by atoms with Gasteiger partial charge in [-0.25, -0.2) is 0 Å². The maximum atomic E-state index is 11.7. The van der Waals surface area contributed by atoms with Gasteiger partial charge in [0.15, 0.2) is 0 Å². The number of amides is 1. The summed E-state index contributed by atoms with van der Waals surface area (Å²) >= 11 is 0. The summed E-state index contributed by atoms with van der Waals surface area (Å²) in [7, 11) is 0. The van der Waals surface area contributed by atoms with Crippen LogP contribution in [-0.4, -0.2) is 37.2 Å². The number of piperidine rings is 1. The van der Waals surface area contributed by atoms with E-state index < -0.39 is 0 Å². The fourth-order valence-corrected chi connectivity index (χ4v) is 1.87. The number of hydrogen-bond acceptors (Lipinski definition) is 3. The van der Waals surface area contributed by atoms with E-state index in [0.29, 0.717) is 5.92 Å². The van der Waals surface area contributed by atoms with Crippen LogP contribution in [0.2, 0.25) is 0 Å². The molecule has 4 heteroatoms. The predicted octanol–water partition coefficient (Wildman–Crippen LogP) is 1.31. The maximum Gasteiger partial charge on any atom is 0.246 e. The minimum absolute atomic E-state index is 0.0189. The minimum atomic E-state index is -0.142. The van der Waals surface area contributed by atoms with Crippen molar-refractivity contribution in [1.29, 1.82) is 0 Å². The van der Waals surface area contributed by atoms with E-state index in [1.54, 1.807) is 0 Å². The van der Waals surface area contributed by atoms with Crippen molar-refractivity contribution in [2.24, 2.45) is 5.92 Å². The zero-order chi connectivity index (χ0) is 12.9. The number of ether oxygens (including phenoxy) is 1. The van der Waals surface area contributed by atoms with Crippen LogP contribution in [0.4, 0.5) is 0 Å². The smallest absolute Gasteiger partial charge is 0.246 e. The number of carbonyl (C=O) groups excluding carboxylic acids is 1. The quantitative estimate of drug-likeness (QED) is 0.764. The van der Waals surface area contributed by atoms with Crippen molar-refractivity contribution >= 4 is 5.91 Å². The lowest BCUT2D eigenvalue weighted by Gasteiger charge is -2.30. The predicted molar refractivity (Wildman–Crippen MR) is 68.9 cm³/mol. The van der Waals surface area contributed by atoms with Crippen molar-refractivity contribution in [2.75, 3.05) is 19.7 Å².